The maximum absolute atomic E-state index is 11.1. The minimum absolute atomic E-state index is 0.248. The lowest BCUT2D eigenvalue weighted by Gasteiger charge is -2.06. The Balaban J connectivity index is 2.14. The quantitative estimate of drug-likeness (QED) is 0.851. The Morgan fingerprint density at radius 2 is 2.32 bits per heavy atom. The summed E-state index contributed by atoms with van der Waals surface area (Å²) in [5, 5.41) is 13.1. The molecule has 0 fully saturated rings. The molecule has 5 nitrogen and oxygen atoms in total. The second-order valence-corrected chi connectivity index (χ2v) is 4.95. The first kappa shape index (κ1) is 13.5. The maximum Gasteiger partial charge on any atom is 0.339 e. The van der Waals surface area contributed by atoms with Crippen molar-refractivity contribution in [3.63, 3.8) is 0 Å². The number of methoxy groups -OCH3 is 1. The van der Waals surface area contributed by atoms with Crippen LogP contribution in [0.15, 0.2) is 35.4 Å². The molecule has 0 aliphatic heterocycles. The number of carbonyl (C=O) groups is 1. The van der Waals surface area contributed by atoms with Crippen molar-refractivity contribution in [3.05, 3.63) is 41.7 Å². The molecule has 0 radical (unpaired) electrons. The number of hydrogen-bond donors (Lipinski definition) is 1. The van der Waals surface area contributed by atoms with Crippen LogP contribution in [0.2, 0.25) is 0 Å². The minimum Gasteiger partial charge on any atom is -0.497 e. The van der Waals surface area contributed by atoms with Crippen LogP contribution < -0.4 is 4.74 Å². The summed E-state index contributed by atoms with van der Waals surface area (Å²) in [6, 6.07) is 7.66. The van der Waals surface area contributed by atoms with E-state index >= 15 is 0 Å². The van der Waals surface area contributed by atoms with E-state index in [0.29, 0.717) is 11.4 Å². The fourth-order valence-electron chi connectivity index (χ4n) is 1.66. The van der Waals surface area contributed by atoms with Crippen LogP contribution in [-0.2, 0) is 12.8 Å². The first-order valence-electron chi connectivity index (χ1n) is 5.63. The summed E-state index contributed by atoms with van der Waals surface area (Å²) in [4.78, 5) is 12.1. The molecule has 0 aliphatic rings. The number of hydrogen-bond acceptors (Lipinski definition) is 4. The van der Waals surface area contributed by atoms with Crippen LogP contribution in [0.25, 0.3) is 0 Å². The Hall–Kier alpha value is -1.95. The van der Waals surface area contributed by atoms with Gasteiger partial charge in [-0.3, -0.25) is 4.68 Å². The van der Waals surface area contributed by atoms with E-state index in [2.05, 4.69) is 5.10 Å². The van der Waals surface area contributed by atoms with Gasteiger partial charge in [0.2, 0.25) is 0 Å². The number of aryl methyl sites for hydroxylation is 1. The van der Waals surface area contributed by atoms with Crippen molar-refractivity contribution in [3.8, 4) is 5.75 Å². The van der Waals surface area contributed by atoms with Crippen molar-refractivity contribution in [1.29, 1.82) is 0 Å². The lowest BCUT2D eigenvalue weighted by molar-refractivity contribution is 0.0696. The molecular formula is C13H14N2O3S. The molecule has 0 bridgehead atoms. The number of benzene rings is 1. The van der Waals surface area contributed by atoms with Gasteiger partial charge >= 0.3 is 5.97 Å². The molecule has 6 heteroatoms. The molecular weight excluding hydrogens is 264 g/mol. The highest BCUT2D eigenvalue weighted by molar-refractivity contribution is 7.98. The fraction of sp³-hybridized carbons (Fsp3) is 0.231. The van der Waals surface area contributed by atoms with E-state index < -0.39 is 5.97 Å². The average Bonchev–Trinajstić information content (AvgIpc) is 2.78. The second kappa shape index (κ2) is 5.79. The summed E-state index contributed by atoms with van der Waals surface area (Å²) in [5.74, 6) is 0.383. The fourth-order valence-corrected chi connectivity index (χ4v) is 2.68. The molecule has 0 saturated carbocycles. The van der Waals surface area contributed by atoms with E-state index in [9.17, 15) is 4.79 Å². The lowest BCUT2D eigenvalue weighted by Crippen LogP contribution is -2.03. The van der Waals surface area contributed by atoms with Crippen LogP contribution >= 0.6 is 11.8 Å². The van der Waals surface area contributed by atoms with E-state index in [1.165, 1.54) is 6.20 Å². The molecule has 0 unspecified atom stereocenters. The van der Waals surface area contributed by atoms with E-state index in [1.807, 2.05) is 24.3 Å². The zero-order valence-electron chi connectivity index (χ0n) is 10.7. The first-order chi connectivity index (χ1) is 9.11. The van der Waals surface area contributed by atoms with Gasteiger partial charge in [-0.1, -0.05) is 6.07 Å². The van der Waals surface area contributed by atoms with Gasteiger partial charge in [0.25, 0.3) is 0 Å². The smallest absolute Gasteiger partial charge is 0.339 e. The van der Waals surface area contributed by atoms with Gasteiger partial charge in [-0.2, -0.15) is 5.10 Å². The molecule has 1 heterocycles. The van der Waals surface area contributed by atoms with Gasteiger partial charge < -0.3 is 9.84 Å². The predicted molar refractivity (Wildman–Crippen MR) is 72.7 cm³/mol. The summed E-state index contributed by atoms with van der Waals surface area (Å²) in [7, 11) is 3.36. The van der Waals surface area contributed by atoms with Crippen LogP contribution in [0, 0.1) is 0 Å². The molecule has 0 spiro atoms. The van der Waals surface area contributed by atoms with Crippen LogP contribution in [0.3, 0.4) is 0 Å². The third kappa shape index (κ3) is 3.08. The first-order valence-corrected chi connectivity index (χ1v) is 6.61. The maximum atomic E-state index is 11.1. The van der Waals surface area contributed by atoms with Gasteiger partial charge in [-0.15, -0.1) is 11.8 Å². The summed E-state index contributed by atoms with van der Waals surface area (Å²) in [6.45, 7) is 0. The number of carboxylic acid groups (broad SMARTS) is 1. The molecule has 1 N–H and O–H groups in total. The normalized spacial score (nSPS) is 10.4. The number of rotatable bonds is 5. The van der Waals surface area contributed by atoms with Gasteiger partial charge in [0, 0.05) is 17.7 Å². The minimum atomic E-state index is -0.950. The molecule has 0 amide bonds. The van der Waals surface area contributed by atoms with Crippen molar-refractivity contribution < 1.29 is 14.6 Å². The molecule has 2 rings (SSSR count). The van der Waals surface area contributed by atoms with Gasteiger partial charge in [0.1, 0.15) is 11.3 Å². The standard InChI is InChI=1S/C13H14N2O3S/c1-15-12(11(7-14-15)13(16)17)8-19-10-5-3-4-9(6-10)18-2/h3-7H,8H2,1-2H3,(H,16,17). The van der Waals surface area contributed by atoms with E-state index in [1.54, 1.807) is 30.6 Å². The Labute approximate surface area is 115 Å². The average molecular weight is 278 g/mol. The third-order valence-electron chi connectivity index (χ3n) is 2.71. The topological polar surface area (TPSA) is 64.3 Å². The van der Waals surface area contributed by atoms with Gasteiger partial charge in [0.05, 0.1) is 19.0 Å². The van der Waals surface area contributed by atoms with E-state index in [0.717, 1.165) is 10.6 Å². The number of ether oxygens (including phenoxy) is 1. The van der Waals surface area contributed by atoms with E-state index in [-0.39, 0.29) is 5.56 Å². The number of carboxylic acids is 1. The van der Waals surface area contributed by atoms with Crippen LogP contribution in [0.1, 0.15) is 16.1 Å². The molecule has 19 heavy (non-hydrogen) atoms. The molecule has 0 aliphatic carbocycles. The Morgan fingerprint density at radius 1 is 1.53 bits per heavy atom. The summed E-state index contributed by atoms with van der Waals surface area (Å²) >= 11 is 1.55. The molecule has 1 aromatic heterocycles. The van der Waals surface area contributed by atoms with Crippen LogP contribution in [-0.4, -0.2) is 28.0 Å². The highest BCUT2D eigenvalue weighted by Gasteiger charge is 2.15. The van der Waals surface area contributed by atoms with Crippen molar-refractivity contribution in [2.75, 3.05) is 7.11 Å². The summed E-state index contributed by atoms with van der Waals surface area (Å²) < 4.78 is 6.75. The Kier molecular flexibility index (Phi) is 4.11. The SMILES string of the molecule is COc1cccc(SCc2c(C(=O)O)cnn2C)c1. The monoisotopic (exact) mass is 278 g/mol. The van der Waals surface area contributed by atoms with Gasteiger partial charge in [-0.05, 0) is 18.2 Å². The number of aromatic nitrogens is 2. The highest BCUT2D eigenvalue weighted by Crippen LogP contribution is 2.27. The molecule has 0 atom stereocenters. The van der Waals surface area contributed by atoms with Crippen molar-refractivity contribution in [2.24, 2.45) is 7.05 Å². The van der Waals surface area contributed by atoms with Gasteiger partial charge in [-0.25, -0.2) is 4.79 Å². The van der Waals surface area contributed by atoms with Crippen molar-refractivity contribution in [2.45, 2.75) is 10.6 Å². The third-order valence-corrected chi connectivity index (χ3v) is 3.71. The predicted octanol–water partition coefficient (Wildman–Crippen LogP) is 2.42. The lowest BCUT2D eigenvalue weighted by atomic mass is 10.3. The van der Waals surface area contributed by atoms with Gasteiger partial charge in [0.15, 0.2) is 0 Å². The zero-order chi connectivity index (χ0) is 13.8. The molecule has 1 aromatic carbocycles. The molecule has 100 valence electrons. The van der Waals surface area contributed by atoms with Crippen molar-refractivity contribution in [1.82, 2.24) is 9.78 Å². The van der Waals surface area contributed by atoms with E-state index in [4.69, 9.17) is 9.84 Å². The number of aromatic carboxylic acids is 1. The number of nitrogens with zero attached hydrogens (tertiary/aromatic N) is 2. The second-order valence-electron chi connectivity index (χ2n) is 3.90. The number of thioether (sulfide) groups is 1. The Morgan fingerprint density at radius 3 is 3.00 bits per heavy atom. The zero-order valence-corrected chi connectivity index (χ0v) is 11.5. The summed E-state index contributed by atoms with van der Waals surface area (Å²) in [6.07, 6.45) is 1.38. The Bertz CT molecular complexity index is 595. The molecule has 2 aromatic rings. The van der Waals surface area contributed by atoms with Crippen LogP contribution in [0.5, 0.6) is 5.75 Å². The largest absolute Gasteiger partial charge is 0.497 e. The van der Waals surface area contributed by atoms with Crippen LogP contribution in [0.4, 0.5) is 0 Å². The van der Waals surface area contributed by atoms with Crippen molar-refractivity contribution >= 4 is 17.7 Å². The highest BCUT2D eigenvalue weighted by atomic mass is 32.2. The molecule has 0 saturated heterocycles. The summed E-state index contributed by atoms with van der Waals surface area (Å²) in [5.41, 5.74) is 0.943.